The first-order chi connectivity index (χ1) is 21.0. The molecule has 4 rings (SSSR count). The van der Waals surface area contributed by atoms with E-state index in [0.717, 1.165) is 7.05 Å². The number of rotatable bonds is 6. The van der Waals surface area contributed by atoms with Gasteiger partial charge in [0.2, 0.25) is 0 Å². The molecule has 2 atom stereocenters. The smallest absolute Gasteiger partial charge is 0.471 e. The van der Waals surface area contributed by atoms with Gasteiger partial charge in [-0.25, -0.2) is 4.79 Å². The molecule has 0 unspecified atom stereocenters. The third kappa shape index (κ3) is 7.22. The summed E-state index contributed by atoms with van der Waals surface area (Å²) in [5.41, 5.74) is -2.31. The summed E-state index contributed by atoms with van der Waals surface area (Å²) >= 11 is 0. The molecule has 2 aromatic rings. The van der Waals surface area contributed by atoms with E-state index in [1.807, 2.05) is 13.8 Å². The van der Waals surface area contributed by atoms with Gasteiger partial charge in [-0.15, -0.1) is 0 Å². The number of hydrogen-bond donors (Lipinski definition) is 0. The maximum absolute atomic E-state index is 13.5. The van der Waals surface area contributed by atoms with Crippen molar-refractivity contribution in [2.75, 3.05) is 25.6 Å². The van der Waals surface area contributed by atoms with Crippen LogP contribution < -0.4 is 9.64 Å². The number of hydrogen-bond acceptors (Lipinski definition) is 4. The third-order valence-corrected chi connectivity index (χ3v) is 8.30. The van der Waals surface area contributed by atoms with Crippen LogP contribution in [0.2, 0.25) is 0 Å². The molecular weight excluding hydrogens is 635 g/mol. The Kier molecular flexibility index (Phi) is 9.14. The molecule has 1 aliphatic carbocycles. The van der Waals surface area contributed by atoms with Gasteiger partial charge in [0.1, 0.15) is 11.9 Å². The topological polar surface area (TPSA) is 59.1 Å². The van der Waals surface area contributed by atoms with E-state index in [1.165, 1.54) is 37.1 Å². The minimum atomic E-state index is -5.13. The third-order valence-electron chi connectivity index (χ3n) is 8.30. The number of alkyl halides is 9. The SMILES string of the molecule is COc1ccc(N(C)C(=O)C(F)(F)F)cc1C1=C(CN2C(=O)O[C@H](c3cc(C(F)(F)F)cc(C(F)(F)F)c3)[C@@H]2C)CC(C)(C)CC1. The second-order valence-electron chi connectivity index (χ2n) is 12.2. The van der Waals surface area contributed by atoms with Gasteiger partial charge in [0, 0.05) is 24.8 Å². The number of carbonyl (C=O) groups excluding carboxylic acids is 2. The summed E-state index contributed by atoms with van der Waals surface area (Å²) in [6.07, 6.45) is -16.3. The molecule has 2 aromatic carbocycles. The summed E-state index contributed by atoms with van der Waals surface area (Å²) in [5, 5.41) is 0. The zero-order valence-corrected chi connectivity index (χ0v) is 25.4. The highest BCUT2D eigenvalue weighted by Crippen LogP contribution is 2.47. The molecule has 0 aromatic heterocycles. The Bertz CT molecular complexity index is 1510. The Morgan fingerprint density at radius 2 is 1.59 bits per heavy atom. The number of anilines is 1. The van der Waals surface area contributed by atoms with Gasteiger partial charge in [0.15, 0.2) is 0 Å². The Labute approximate surface area is 258 Å². The largest absolute Gasteiger partial charge is 0.496 e. The van der Waals surface area contributed by atoms with E-state index in [-0.39, 0.29) is 29.5 Å². The molecule has 0 spiro atoms. The number of allylic oxidation sites excluding steroid dienone is 1. The molecular formula is C31H31F9N2O4. The summed E-state index contributed by atoms with van der Waals surface area (Å²) in [4.78, 5) is 26.7. The van der Waals surface area contributed by atoms with Gasteiger partial charge >= 0.3 is 30.5 Å². The highest BCUT2D eigenvalue weighted by atomic mass is 19.4. The average molecular weight is 667 g/mol. The minimum Gasteiger partial charge on any atom is -0.496 e. The molecule has 46 heavy (non-hydrogen) atoms. The normalized spacial score (nSPS) is 20.6. The number of benzene rings is 2. The maximum Gasteiger partial charge on any atom is 0.471 e. The second kappa shape index (κ2) is 12.0. The Hall–Kier alpha value is -3.91. The predicted octanol–water partition coefficient (Wildman–Crippen LogP) is 8.80. The van der Waals surface area contributed by atoms with Crippen molar-refractivity contribution in [2.24, 2.45) is 5.41 Å². The van der Waals surface area contributed by atoms with E-state index in [0.29, 0.717) is 53.0 Å². The molecule has 6 nitrogen and oxygen atoms in total. The van der Waals surface area contributed by atoms with Crippen molar-refractivity contribution >= 4 is 23.3 Å². The lowest BCUT2D eigenvalue weighted by molar-refractivity contribution is -0.170. The highest BCUT2D eigenvalue weighted by Gasteiger charge is 2.45. The minimum absolute atomic E-state index is 0.00881. The number of nitrogens with zero attached hydrogens (tertiary/aromatic N) is 2. The molecule has 1 heterocycles. The van der Waals surface area contributed by atoms with Crippen LogP contribution in [0.25, 0.3) is 5.57 Å². The summed E-state index contributed by atoms with van der Waals surface area (Å²) in [6, 6.07) is 4.10. The summed E-state index contributed by atoms with van der Waals surface area (Å²) < 4.78 is 131. The first-order valence-corrected chi connectivity index (χ1v) is 14.0. The van der Waals surface area contributed by atoms with Crippen molar-refractivity contribution in [3.8, 4) is 5.75 Å². The molecule has 0 bridgehead atoms. The number of amides is 2. The molecule has 0 N–H and O–H groups in total. The molecule has 0 radical (unpaired) electrons. The lowest BCUT2D eigenvalue weighted by Crippen LogP contribution is -2.38. The van der Waals surface area contributed by atoms with Gasteiger partial charge in [-0.2, -0.15) is 39.5 Å². The first kappa shape index (κ1) is 35.0. The van der Waals surface area contributed by atoms with Crippen molar-refractivity contribution < 1.29 is 58.6 Å². The highest BCUT2D eigenvalue weighted by molar-refractivity contribution is 5.97. The van der Waals surface area contributed by atoms with Crippen molar-refractivity contribution in [1.82, 2.24) is 4.90 Å². The van der Waals surface area contributed by atoms with E-state index >= 15 is 0 Å². The molecule has 1 fully saturated rings. The number of halogens is 9. The van der Waals surface area contributed by atoms with E-state index < -0.39 is 59.4 Å². The summed E-state index contributed by atoms with van der Waals surface area (Å²) in [5.74, 6) is -1.81. The van der Waals surface area contributed by atoms with Gasteiger partial charge in [-0.1, -0.05) is 13.8 Å². The Balaban J connectivity index is 1.76. The van der Waals surface area contributed by atoms with E-state index in [4.69, 9.17) is 9.47 Å². The molecule has 1 saturated heterocycles. The lowest BCUT2D eigenvalue weighted by atomic mass is 9.72. The first-order valence-electron chi connectivity index (χ1n) is 14.0. The number of methoxy groups -OCH3 is 1. The van der Waals surface area contributed by atoms with Crippen LogP contribution in [-0.4, -0.2) is 49.8 Å². The van der Waals surface area contributed by atoms with Crippen molar-refractivity contribution in [1.29, 1.82) is 0 Å². The molecule has 252 valence electrons. The van der Waals surface area contributed by atoms with Gasteiger partial charge in [-0.05, 0) is 84.7 Å². The average Bonchev–Trinajstić information content (AvgIpc) is 3.22. The number of ether oxygens (including phenoxy) is 2. The molecule has 2 amide bonds. The van der Waals surface area contributed by atoms with Crippen molar-refractivity contribution in [3.05, 3.63) is 64.2 Å². The van der Waals surface area contributed by atoms with Crippen LogP contribution in [0.3, 0.4) is 0 Å². The Morgan fingerprint density at radius 3 is 2.11 bits per heavy atom. The Morgan fingerprint density at radius 1 is 1.00 bits per heavy atom. The number of carbonyl (C=O) groups is 2. The van der Waals surface area contributed by atoms with Crippen LogP contribution in [-0.2, 0) is 21.9 Å². The van der Waals surface area contributed by atoms with E-state index in [1.54, 1.807) is 0 Å². The van der Waals surface area contributed by atoms with Crippen LogP contribution in [0.1, 0.15) is 68.4 Å². The van der Waals surface area contributed by atoms with Crippen LogP contribution in [0, 0.1) is 5.41 Å². The fourth-order valence-corrected chi connectivity index (χ4v) is 5.85. The van der Waals surface area contributed by atoms with Gasteiger partial charge in [0.25, 0.3) is 0 Å². The monoisotopic (exact) mass is 666 g/mol. The maximum atomic E-state index is 13.5. The van der Waals surface area contributed by atoms with Crippen LogP contribution in [0.15, 0.2) is 42.0 Å². The fraction of sp³-hybridized carbons (Fsp3) is 0.484. The zero-order chi connectivity index (χ0) is 34.6. The molecule has 1 aliphatic heterocycles. The second-order valence-corrected chi connectivity index (χ2v) is 12.2. The standard InChI is InChI=1S/C31H31F9N2O4/c1-16-25(17-10-19(29(32,33)34)12-20(11-17)30(35,36)37)46-27(44)42(16)15-18-14-28(2,3)9-8-22(18)23-13-21(6-7-24(23)45-5)41(4)26(43)31(38,39)40/h6-7,10-13,16,25H,8-9,14-15H2,1-5H3/t16-,25-/m0/s1. The van der Waals surface area contributed by atoms with Crippen LogP contribution in [0.5, 0.6) is 5.75 Å². The van der Waals surface area contributed by atoms with E-state index in [2.05, 4.69) is 0 Å². The van der Waals surface area contributed by atoms with Crippen molar-refractivity contribution in [3.63, 3.8) is 0 Å². The van der Waals surface area contributed by atoms with Crippen molar-refractivity contribution in [2.45, 2.75) is 70.7 Å². The lowest BCUT2D eigenvalue weighted by Gasteiger charge is -2.36. The van der Waals surface area contributed by atoms with Gasteiger partial charge in [0.05, 0.1) is 24.3 Å². The zero-order valence-electron chi connectivity index (χ0n) is 25.4. The fourth-order valence-electron chi connectivity index (χ4n) is 5.85. The number of cyclic esters (lactones) is 1. The molecule has 0 saturated carbocycles. The summed E-state index contributed by atoms with van der Waals surface area (Å²) in [7, 11) is 2.32. The molecule has 2 aliphatic rings. The van der Waals surface area contributed by atoms with Gasteiger partial charge in [-0.3, -0.25) is 9.69 Å². The summed E-state index contributed by atoms with van der Waals surface area (Å²) in [6.45, 7) is 5.23. The quantitative estimate of drug-likeness (QED) is 0.289. The van der Waals surface area contributed by atoms with Gasteiger partial charge < -0.3 is 14.4 Å². The predicted molar refractivity (Wildman–Crippen MR) is 149 cm³/mol. The molecule has 15 heteroatoms. The van der Waals surface area contributed by atoms with Crippen LogP contribution in [0.4, 0.5) is 50.0 Å². The van der Waals surface area contributed by atoms with Crippen LogP contribution >= 0.6 is 0 Å². The van der Waals surface area contributed by atoms with E-state index in [9.17, 15) is 49.1 Å².